The van der Waals surface area contributed by atoms with Gasteiger partial charge in [0.2, 0.25) is 11.8 Å². The number of aromatic nitrogens is 4. The van der Waals surface area contributed by atoms with E-state index in [9.17, 15) is 15.3 Å². The van der Waals surface area contributed by atoms with Gasteiger partial charge in [0, 0.05) is 42.5 Å². The van der Waals surface area contributed by atoms with Gasteiger partial charge < -0.3 is 9.64 Å². The Balaban J connectivity index is 1.45. The third kappa shape index (κ3) is 5.28. The highest BCUT2D eigenvalue weighted by molar-refractivity contribution is 6.35. The van der Waals surface area contributed by atoms with Crippen LogP contribution in [0.3, 0.4) is 0 Å². The Bertz CT molecular complexity index is 2170. The lowest BCUT2D eigenvalue weighted by Gasteiger charge is -2.38. The smallest absolute Gasteiger partial charge is 0.225 e. The maximum Gasteiger partial charge on any atom is 0.225 e. The first-order chi connectivity index (χ1) is 23.2. The molecule has 5 heterocycles. The van der Waals surface area contributed by atoms with Crippen LogP contribution in [0, 0.1) is 28.5 Å². The van der Waals surface area contributed by atoms with Crippen LogP contribution < -0.4 is 4.74 Å². The van der Waals surface area contributed by atoms with Crippen LogP contribution in [0.25, 0.3) is 43.8 Å². The molecule has 0 spiro atoms. The summed E-state index contributed by atoms with van der Waals surface area (Å²) in [6.07, 6.45) is 6.39. The molecule has 12 heteroatoms. The molecule has 0 unspecified atom stereocenters. The zero-order valence-corrected chi connectivity index (χ0v) is 27.7. The molecule has 2 aliphatic rings. The van der Waals surface area contributed by atoms with Crippen LogP contribution in [0.5, 0.6) is 5.88 Å². The van der Waals surface area contributed by atoms with Gasteiger partial charge in [-0.15, -0.1) is 0 Å². The molecular weight excluding hydrogens is 631 g/mol. The number of halogens is 2. The molecule has 5 aromatic rings. The minimum Gasteiger partial charge on any atom is -0.472 e. The molecule has 10 nitrogen and oxygen atoms in total. The number of rotatable bonds is 6. The zero-order valence-electron chi connectivity index (χ0n) is 27.0. The van der Waals surface area contributed by atoms with Crippen LogP contribution in [0.15, 0.2) is 42.7 Å². The molecule has 2 aromatic carbocycles. The highest BCUT2D eigenvalue weighted by atomic mass is 35.5. The van der Waals surface area contributed by atoms with E-state index in [0.29, 0.717) is 46.6 Å². The first-order valence-corrected chi connectivity index (χ1v) is 16.6. The van der Waals surface area contributed by atoms with Crippen LogP contribution in [0.1, 0.15) is 57.6 Å². The van der Waals surface area contributed by atoms with Gasteiger partial charge in [-0.3, -0.25) is 19.4 Å². The van der Waals surface area contributed by atoms with Crippen LogP contribution in [0.4, 0.5) is 4.39 Å². The number of carbonyl (C=O) groups excluding carboxylic acids is 1. The second kappa shape index (κ2) is 12.6. The Morgan fingerprint density at radius 1 is 1.21 bits per heavy atom. The van der Waals surface area contributed by atoms with E-state index in [-0.39, 0.29) is 64.2 Å². The Hall–Kier alpha value is -4.84. The molecule has 2 aliphatic heterocycles. The number of likely N-dealkylation sites (tertiary alicyclic amines) is 2. The lowest BCUT2D eigenvalue weighted by atomic mass is 9.94. The summed E-state index contributed by atoms with van der Waals surface area (Å²) in [5.41, 5.74) is 1.33. The second-order valence-electron chi connectivity index (χ2n) is 12.8. The number of carbonyl (C=O) groups is 1. The van der Waals surface area contributed by atoms with Crippen molar-refractivity contribution in [2.75, 3.05) is 20.1 Å². The average Bonchev–Trinajstić information content (AvgIpc) is 3.72. The van der Waals surface area contributed by atoms with Gasteiger partial charge in [0.1, 0.15) is 11.6 Å². The molecule has 4 atom stereocenters. The molecule has 0 saturated carbocycles. The molecule has 7 rings (SSSR count). The minimum atomic E-state index is -0.677. The van der Waals surface area contributed by atoms with Crippen molar-refractivity contribution >= 4 is 50.1 Å². The molecule has 48 heavy (non-hydrogen) atoms. The first-order valence-electron chi connectivity index (χ1n) is 16.2. The summed E-state index contributed by atoms with van der Waals surface area (Å²) in [5.74, 6) is -0.482. The monoisotopic (exact) mass is 664 g/mol. The number of benzene rings is 2. The van der Waals surface area contributed by atoms with Crippen LogP contribution in [-0.2, 0) is 4.79 Å². The highest BCUT2D eigenvalue weighted by Crippen LogP contribution is 2.43. The van der Waals surface area contributed by atoms with Crippen molar-refractivity contribution in [2.24, 2.45) is 0 Å². The van der Waals surface area contributed by atoms with Crippen molar-refractivity contribution < 1.29 is 13.9 Å². The van der Waals surface area contributed by atoms with Crippen molar-refractivity contribution in [3.63, 3.8) is 0 Å². The maximum absolute atomic E-state index is 17.1. The van der Waals surface area contributed by atoms with E-state index in [2.05, 4.69) is 29.1 Å². The van der Waals surface area contributed by atoms with Crippen molar-refractivity contribution in [1.82, 2.24) is 29.5 Å². The summed E-state index contributed by atoms with van der Waals surface area (Å²) in [6.45, 7) is 4.97. The van der Waals surface area contributed by atoms with Crippen molar-refractivity contribution in [1.29, 1.82) is 10.5 Å². The van der Waals surface area contributed by atoms with Gasteiger partial charge in [-0.2, -0.15) is 15.6 Å². The second-order valence-corrected chi connectivity index (χ2v) is 13.2. The number of piperidine rings is 1. The third-order valence-electron chi connectivity index (χ3n) is 10.0. The standard InChI is InChI=1S/C36H34ClFN8O2/c1-20(29-8-5-14-44(29)3)48-36-27-19-42-46(25-11-15-45(21(2)47)24(16-25)9-12-39)35(27)26-17-28(37)31(32(38)33(26)43-36)34-30-22(10-13-41-34)6-4-7-23(30)18-40/h4,6-7,10,13,17,19-20,24-25,29H,5,8-9,11,14-16H2,1-3H3/t20-,24+,25-,29-/m0/s1. The fraction of sp³-hybridized carbons (Fsp3) is 0.389. The summed E-state index contributed by atoms with van der Waals surface area (Å²) in [7, 11) is 2.07. The quantitative estimate of drug-likeness (QED) is 0.194. The largest absolute Gasteiger partial charge is 0.472 e. The van der Waals surface area contributed by atoms with Crippen molar-refractivity contribution in [3.8, 4) is 29.3 Å². The number of ether oxygens (including phenoxy) is 1. The molecule has 1 amide bonds. The SMILES string of the molecule is CC(=O)N1CC[C@H](n2ncc3c(O[C@@H](C)[C@@H]4CCCN4C)nc4c(F)c(-c5nccc6cccc(C#N)c56)c(Cl)cc4c32)C[C@H]1CC#N. The zero-order chi connectivity index (χ0) is 33.7. The lowest BCUT2D eigenvalue weighted by Crippen LogP contribution is -2.45. The molecule has 2 saturated heterocycles. The average molecular weight is 665 g/mol. The number of fused-ring (bicyclic) bond motifs is 4. The molecule has 2 fully saturated rings. The summed E-state index contributed by atoms with van der Waals surface area (Å²) in [5, 5.41) is 26.7. The van der Waals surface area contributed by atoms with E-state index in [0.717, 1.165) is 24.8 Å². The van der Waals surface area contributed by atoms with E-state index in [1.165, 1.54) is 6.92 Å². The Morgan fingerprint density at radius 3 is 2.77 bits per heavy atom. The normalized spacial score (nSPS) is 20.6. The van der Waals surface area contributed by atoms with Crippen molar-refractivity contribution in [3.05, 3.63) is 59.1 Å². The topological polar surface area (TPSA) is 124 Å². The Labute approximate surface area is 282 Å². The van der Waals surface area contributed by atoms with Crippen LogP contribution >= 0.6 is 11.6 Å². The van der Waals surface area contributed by atoms with Crippen LogP contribution in [-0.4, -0.2) is 73.8 Å². The molecule has 0 N–H and O–H groups in total. The molecule has 0 bridgehead atoms. The summed E-state index contributed by atoms with van der Waals surface area (Å²) < 4.78 is 25.6. The highest BCUT2D eigenvalue weighted by Gasteiger charge is 2.34. The Morgan fingerprint density at radius 2 is 2.04 bits per heavy atom. The number of hydrogen-bond donors (Lipinski definition) is 0. The molecular formula is C36H34ClFN8O2. The van der Waals surface area contributed by atoms with E-state index < -0.39 is 5.82 Å². The fourth-order valence-corrected chi connectivity index (χ4v) is 7.97. The molecule has 0 aliphatic carbocycles. The van der Waals surface area contributed by atoms with Gasteiger partial charge in [-0.25, -0.2) is 9.37 Å². The third-order valence-corrected chi connectivity index (χ3v) is 10.3. The van der Waals surface area contributed by atoms with E-state index in [1.807, 2.05) is 17.7 Å². The van der Waals surface area contributed by atoms with E-state index in [4.69, 9.17) is 26.4 Å². The number of pyridine rings is 2. The lowest BCUT2D eigenvalue weighted by molar-refractivity contribution is -0.132. The van der Waals surface area contributed by atoms with Gasteiger partial charge in [-0.05, 0) is 69.8 Å². The van der Waals surface area contributed by atoms with Gasteiger partial charge in [0.25, 0.3) is 0 Å². The maximum atomic E-state index is 17.1. The number of hydrogen-bond acceptors (Lipinski definition) is 8. The van der Waals surface area contributed by atoms with Gasteiger partial charge in [0.05, 0.1) is 63.5 Å². The van der Waals surface area contributed by atoms with Gasteiger partial charge >= 0.3 is 0 Å². The fourth-order valence-electron chi connectivity index (χ4n) is 7.69. The molecule has 3 aromatic heterocycles. The van der Waals surface area contributed by atoms with Gasteiger partial charge in [0.15, 0.2) is 5.82 Å². The summed E-state index contributed by atoms with van der Waals surface area (Å²) >= 11 is 6.95. The van der Waals surface area contributed by atoms with Crippen LogP contribution in [0.2, 0.25) is 5.02 Å². The molecule has 244 valence electrons. The summed E-state index contributed by atoms with van der Waals surface area (Å²) in [4.78, 5) is 25.7. The number of likely N-dealkylation sites (N-methyl/N-ethyl adjacent to an activating group) is 1. The minimum absolute atomic E-state index is 0.0496. The first kappa shape index (κ1) is 31.7. The number of nitrogens with zero attached hydrogens (tertiary/aromatic N) is 8. The summed E-state index contributed by atoms with van der Waals surface area (Å²) in [6, 6.07) is 12.9. The van der Waals surface area contributed by atoms with Gasteiger partial charge in [-0.1, -0.05) is 23.7 Å². The number of nitriles is 2. The predicted octanol–water partition coefficient (Wildman–Crippen LogP) is 6.79. The number of amides is 1. The molecule has 0 radical (unpaired) electrons. The van der Waals surface area contributed by atoms with Crippen molar-refractivity contribution in [2.45, 2.75) is 70.2 Å². The Kier molecular flexibility index (Phi) is 8.36. The van der Waals surface area contributed by atoms with E-state index in [1.54, 1.807) is 41.6 Å². The predicted molar refractivity (Wildman–Crippen MR) is 181 cm³/mol. The van der Waals surface area contributed by atoms with E-state index >= 15 is 4.39 Å².